The number of aryl methyl sites for hydroxylation is 1. The first-order valence-corrected chi connectivity index (χ1v) is 8.39. The average molecular weight is 312 g/mol. The van der Waals surface area contributed by atoms with Gasteiger partial charge in [0.05, 0.1) is 5.75 Å². The zero-order valence-electron chi connectivity index (χ0n) is 12.7. The summed E-state index contributed by atoms with van der Waals surface area (Å²) in [7, 11) is 0. The van der Waals surface area contributed by atoms with Crippen LogP contribution in [0.5, 0.6) is 0 Å². The molecular formula is C15H24N2O3S. The zero-order valence-corrected chi connectivity index (χ0v) is 13.6. The highest BCUT2D eigenvalue weighted by Gasteiger charge is 2.06. The maximum Gasteiger partial charge on any atom is 0.313 e. The van der Waals surface area contributed by atoms with Gasteiger partial charge in [0.1, 0.15) is 0 Å². The standard InChI is InChI=1S/C15H24N2O3S/c1-12(2)7-5-3-4-6-9-17-10-8-13(18)16-15(17)21-11-14(19)20/h8,10,12H,3-7,9,11H2,1-2H3,(H,19,20). The third-order valence-electron chi connectivity index (χ3n) is 3.10. The molecular weight excluding hydrogens is 288 g/mol. The first-order chi connectivity index (χ1) is 9.99. The molecule has 5 nitrogen and oxygen atoms in total. The van der Waals surface area contributed by atoms with Gasteiger partial charge in [0.15, 0.2) is 5.16 Å². The number of nitrogens with zero attached hydrogens (tertiary/aromatic N) is 2. The maximum absolute atomic E-state index is 11.3. The van der Waals surface area contributed by atoms with E-state index in [9.17, 15) is 9.59 Å². The van der Waals surface area contributed by atoms with Crippen LogP contribution in [0.4, 0.5) is 0 Å². The van der Waals surface area contributed by atoms with Crippen LogP contribution in [0.25, 0.3) is 0 Å². The summed E-state index contributed by atoms with van der Waals surface area (Å²) in [4.78, 5) is 25.8. The fourth-order valence-corrected chi connectivity index (χ4v) is 2.74. The molecule has 1 heterocycles. The number of unbranched alkanes of at least 4 members (excludes halogenated alkanes) is 3. The van der Waals surface area contributed by atoms with Gasteiger partial charge in [-0.2, -0.15) is 4.98 Å². The Morgan fingerprint density at radius 1 is 1.33 bits per heavy atom. The highest BCUT2D eigenvalue weighted by molar-refractivity contribution is 7.99. The number of aliphatic carboxylic acids is 1. The second-order valence-electron chi connectivity index (χ2n) is 5.52. The minimum Gasteiger partial charge on any atom is -0.481 e. The van der Waals surface area contributed by atoms with Crippen molar-refractivity contribution in [1.82, 2.24) is 9.55 Å². The van der Waals surface area contributed by atoms with Gasteiger partial charge in [-0.05, 0) is 12.3 Å². The number of rotatable bonds is 10. The van der Waals surface area contributed by atoms with Gasteiger partial charge in [0.2, 0.25) is 0 Å². The van der Waals surface area contributed by atoms with E-state index < -0.39 is 5.97 Å². The summed E-state index contributed by atoms with van der Waals surface area (Å²) in [6, 6.07) is 1.42. The first kappa shape index (κ1) is 17.8. The minimum atomic E-state index is -0.904. The second kappa shape index (κ2) is 9.60. The van der Waals surface area contributed by atoms with Crippen molar-refractivity contribution in [2.24, 2.45) is 5.92 Å². The molecule has 0 aliphatic rings. The molecule has 0 bridgehead atoms. The van der Waals surface area contributed by atoms with E-state index in [0.29, 0.717) is 5.16 Å². The van der Waals surface area contributed by atoms with Crippen molar-refractivity contribution in [2.75, 3.05) is 5.75 Å². The predicted octanol–water partition coefficient (Wildman–Crippen LogP) is 3.03. The lowest BCUT2D eigenvalue weighted by Gasteiger charge is -2.11. The highest BCUT2D eigenvalue weighted by Crippen LogP contribution is 2.15. The van der Waals surface area contributed by atoms with Crippen molar-refractivity contribution in [2.45, 2.75) is 57.7 Å². The Morgan fingerprint density at radius 2 is 2.05 bits per heavy atom. The molecule has 0 saturated carbocycles. The van der Waals surface area contributed by atoms with Crippen LogP contribution in [0.15, 0.2) is 22.2 Å². The normalized spacial score (nSPS) is 11.0. The number of hydrogen-bond donors (Lipinski definition) is 1. The Balaban J connectivity index is 2.42. The molecule has 0 atom stereocenters. The van der Waals surface area contributed by atoms with Gasteiger partial charge in [-0.1, -0.05) is 51.3 Å². The Kier molecular flexibility index (Phi) is 8.12. The largest absolute Gasteiger partial charge is 0.481 e. The lowest BCUT2D eigenvalue weighted by molar-refractivity contribution is -0.133. The van der Waals surface area contributed by atoms with Gasteiger partial charge < -0.3 is 9.67 Å². The zero-order chi connectivity index (χ0) is 15.7. The lowest BCUT2D eigenvalue weighted by atomic mass is 10.0. The molecule has 0 amide bonds. The summed E-state index contributed by atoms with van der Waals surface area (Å²) in [5.41, 5.74) is -0.323. The van der Waals surface area contributed by atoms with Crippen molar-refractivity contribution in [3.8, 4) is 0 Å². The monoisotopic (exact) mass is 312 g/mol. The van der Waals surface area contributed by atoms with Crippen LogP contribution in [0.3, 0.4) is 0 Å². The molecule has 0 fully saturated rings. The number of thioether (sulfide) groups is 1. The predicted molar refractivity (Wildman–Crippen MR) is 84.8 cm³/mol. The molecule has 0 radical (unpaired) electrons. The van der Waals surface area contributed by atoms with Gasteiger partial charge in [0, 0.05) is 18.8 Å². The first-order valence-electron chi connectivity index (χ1n) is 7.41. The number of hydrogen-bond acceptors (Lipinski definition) is 4. The van der Waals surface area contributed by atoms with E-state index in [4.69, 9.17) is 5.11 Å². The molecule has 0 unspecified atom stereocenters. The van der Waals surface area contributed by atoms with Gasteiger partial charge in [-0.15, -0.1) is 0 Å². The average Bonchev–Trinajstić information content (AvgIpc) is 2.41. The Labute approximate surface area is 129 Å². The molecule has 0 aliphatic carbocycles. The van der Waals surface area contributed by atoms with Gasteiger partial charge >= 0.3 is 5.97 Å². The van der Waals surface area contributed by atoms with Crippen molar-refractivity contribution in [3.05, 3.63) is 22.6 Å². The fraction of sp³-hybridized carbons (Fsp3) is 0.667. The second-order valence-corrected chi connectivity index (χ2v) is 6.46. The van der Waals surface area contributed by atoms with Crippen molar-refractivity contribution >= 4 is 17.7 Å². The molecule has 1 rings (SSSR count). The summed E-state index contributed by atoms with van der Waals surface area (Å²) in [6.07, 6.45) is 7.59. The van der Waals surface area contributed by atoms with Crippen molar-refractivity contribution in [3.63, 3.8) is 0 Å². The van der Waals surface area contributed by atoms with Crippen LogP contribution in [-0.4, -0.2) is 26.4 Å². The number of aromatic nitrogens is 2. The number of carboxylic acids is 1. The van der Waals surface area contributed by atoms with E-state index in [1.165, 1.54) is 25.3 Å². The lowest BCUT2D eigenvalue weighted by Crippen LogP contribution is -2.14. The van der Waals surface area contributed by atoms with Gasteiger partial charge in [-0.3, -0.25) is 9.59 Å². The van der Waals surface area contributed by atoms with E-state index in [2.05, 4.69) is 18.8 Å². The summed E-state index contributed by atoms with van der Waals surface area (Å²) >= 11 is 1.09. The third-order valence-corrected chi connectivity index (χ3v) is 4.08. The van der Waals surface area contributed by atoms with Gasteiger partial charge in [0.25, 0.3) is 5.56 Å². The Bertz CT molecular complexity index is 500. The van der Waals surface area contributed by atoms with Crippen LogP contribution in [0.2, 0.25) is 0 Å². The summed E-state index contributed by atoms with van der Waals surface area (Å²) < 4.78 is 1.87. The Hall–Kier alpha value is -1.30. The smallest absolute Gasteiger partial charge is 0.313 e. The molecule has 6 heteroatoms. The summed E-state index contributed by atoms with van der Waals surface area (Å²) in [5.74, 6) is -0.226. The molecule has 21 heavy (non-hydrogen) atoms. The molecule has 0 spiro atoms. The van der Waals surface area contributed by atoms with Crippen LogP contribution in [0.1, 0.15) is 46.0 Å². The minimum absolute atomic E-state index is 0.0785. The van der Waals surface area contributed by atoms with E-state index in [0.717, 1.165) is 37.1 Å². The summed E-state index contributed by atoms with van der Waals surface area (Å²) in [5, 5.41) is 9.21. The van der Waals surface area contributed by atoms with E-state index >= 15 is 0 Å². The van der Waals surface area contributed by atoms with Crippen LogP contribution in [0, 0.1) is 5.92 Å². The Morgan fingerprint density at radius 3 is 2.71 bits per heavy atom. The molecule has 118 valence electrons. The number of carboxylic acid groups (broad SMARTS) is 1. The molecule has 1 aromatic heterocycles. The van der Waals surface area contributed by atoms with Crippen LogP contribution in [-0.2, 0) is 11.3 Å². The molecule has 0 aromatic carbocycles. The van der Waals surface area contributed by atoms with Crippen LogP contribution < -0.4 is 5.56 Å². The maximum atomic E-state index is 11.3. The van der Waals surface area contributed by atoms with Crippen molar-refractivity contribution < 1.29 is 9.90 Å². The molecule has 1 aromatic rings. The topological polar surface area (TPSA) is 72.2 Å². The molecule has 1 N–H and O–H groups in total. The highest BCUT2D eigenvalue weighted by atomic mass is 32.2. The SMILES string of the molecule is CC(C)CCCCCCn1ccc(=O)nc1SCC(=O)O. The summed E-state index contributed by atoms with van der Waals surface area (Å²) in [6.45, 7) is 5.24. The number of carbonyl (C=O) groups is 1. The van der Waals surface area contributed by atoms with E-state index in [-0.39, 0.29) is 11.3 Å². The molecule has 0 saturated heterocycles. The fourth-order valence-electron chi connectivity index (χ4n) is 2.01. The van der Waals surface area contributed by atoms with Crippen LogP contribution >= 0.6 is 11.8 Å². The van der Waals surface area contributed by atoms with E-state index in [1.54, 1.807) is 6.20 Å². The van der Waals surface area contributed by atoms with Gasteiger partial charge in [-0.25, -0.2) is 0 Å². The van der Waals surface area contributed by atoms with Crippen molar-refractivity contribution in [1.29, 1.82) is 0 Å². The van der Waals surface area contributed by atoms with E-state index in [1.807, 2.05) is 4.57 Å². The third kappa shape index (κ3) is 7.90. The quantitative estimate of drug-likeness (QED) is 0.408. The molecule has 0 aliphatic heterocycles.